The van der Waals surface area contributed by atoms with Gasteiger partial charge >= 0.3 is 0 Å². The van der Waals surface area contributed by atoms with E-state index in [9.17, 15) is 24.9 Å². The smallest absolute Gasteiger partial charge is 0.247 e. The second-order valence-corrected chi connectivity index (χ2v) is 10.8. The number of nitrogens with zero attached hydrogens (tertiary/aromatic N) is 1. The quantitative estimate of drug-likeness (QED) is 0.214. The molecule has 0 saturated heterocycles. The topological polar surface area (TPSA) is 129 Å². The summed E-state index contributed by atoms with van der Waals surface area (Å²) < 4.78 is 11.8. The summed E-state index contributed by atoms with van der Waals surface area (Å²) in [5, 5.41) is 33.6. The molecule has 0 spiro atoms. The van der Waals surface area contributed by atoms with Crippen LogP contribution in [0.2, 0.25) is 0 Å². The molecule has 0 aromatic heterocycles. The first-order valence-electron chi connectivity index (χ1n) is 15.0. The van der Waals surface area contributed by atoms with Gasteiger partial charge in [0.2, 0.25) is 11.8 Å². The standard InChI is InChI=1S/C31H48N2O7/c1-4-6-8-10-11-13-26(36)33(15-12-9-7-5-2)24-19-23(31(38)32-14-16-34)27-22-17-21(20-35)18-25(39-3)29(22)40-30(27)28(24)37/h17-19,24,27-28,30,34-35,37H,4-16,20H2,1-3H3,(H,32,38)/t24-,27+,28+,30+/m1/s1. The van der Waals surface area contributed by atoms with Crippen LogP contribution in [-0.4, -0.2) is 77.1 Å². The van der Waals surface area contributed by atoms with Crippen molar-refractivity contribution in [3.8, 4) is 11.5 Å². The molecule has 1 aromatic rings. The Morgan fingerprint density at radius 1 is 1.02 bits per heavy atom. The van der Waals surface area contributed by atoms with E-state index in [2.05, 4.69) is 19.2 Å². The number of ether oxygens (including phenoxy) is 2. The first-order chi connectivity index (χ1) is 19.4. The van der Waals surface area contributed by atoms with E-state index in [4.69, 9.17) is 9.47 Å². The highest BCUT2D eigenvalue weighted by Crippen LogP contribution is 2.51. The number of carbonyl (C=O) groups is 2. The number of methoxy groups -OCH3 is 1. The summed E-state index contributed by atoms with van der Waals surface area (Å²) in [6, 6.07) is 2.71. The average Bonchev–Trinajstić information content (AvgIpc) is 3.36. The second-order valence-electron chi connectivity index (χ2n) is 10.8. The van der Waals surface area contributed by atoms with Gasteiger partial charge in [-0.05, 0) is 36.6 Å². The summed E-state index contributed by atoms with van der Waals surface area (Å²) >= 11 is 0. The Kier molecular flexibility index (Phi) is 12.7. The summed E-state index contributed by atoms with van der Waals surface area (Å²) in [5.74, 6) is -0.200. The minimum atomic E-state index is -1.08. The van der Waals surface area contributed by atoms with Gasteiger partial charge in [-0.15, -0.1) is 0 Å². The maximum Gasteiger partial charge on any atom is 0.247 e. The van der Waals surface area contributed by atoms with Crippen molar-refractivity contribution in [1.82, 2.24) is 10.2 Å². The van der Waals surface area contributed by atoms with Crippen LogP contribution in [0, 0.1) is 0 Å². The van der Waals surface area contributed by atoms with Gasteiger partial charge in [0.25, 0.3) is 0 Å². The van der Waals surface area contributed by atoms with Crippen LogP contribution in [0.15, 0.2) is 23.8 Å². The van der Waals surface area contributed by atoms with Crippen molar-refractivity contribution in [2.45, 2.75) is 109 Å². The molecular formula is C31H48N2O7. The van der Waals surface area contributed by atoms with Gasteiger partial charge in [-0.25, -0.2) is 0 Å². The Balaban J connectivity index is 1.98. The lowest BCUT2D eigenvalue weighted by Crippen LogP contribution is -2.56. The van der Waals surface area contributed by atoms with Crippen LogP contribution in [0.4, 0.5) is 0 Å². The molecule has 1 aromatic carbocycles. The normalized spacial score (nSPS) is 21.2. The number of hydrogen-bond donors (Lipinski definition) is 4. The van der Waals surface area contributed by atoms with E-state index in [0.717, 1.165) is 57.8 Å². The number of amides is 2. The molecule has 9 nitrogen and oxygen atoms in total. The highest BCUT2D eigenvalue weighted by atomic mass is 16.5. The van der Waals surface area contributed by atoms with Gasteiger partial charge in [0.1, 0.15) is 12.2 Å². The molecule has 9 heteroatoms. The van der Waals surface area contributed by atoms with Crippen LogP contribution in [0.1, 0.15) is 95.1 Å². The lowest BCUT2D eigenvalue weighted by atomic mass is 9.77. The highest BCUT2D eigenvalue weighted by molar-refractivity contribution is 5.96. The SMILES string of the molecule is CCCCCCCC(=O)N(CCCCCC)[C@@H]1C=C(C(=O)NCCO)[C@@H]2c3cc(CO)cc(OC)c3O[C@@H]2[C@H]1O. The zero-order chi connectivity index (χ0) is 29.1. The molecule has 40 heavy (non-hydrogen) atoms. The second kappa shape index (κ2) is 16.0. The Morgan fingerprint density at radius 2 is 1.73 bits per heavy atom. The molecule has 3 rings (SSSR count). The summed E-state index contributed by atoms with van der Waals surface area (Å²) in [4.78, 5) is 28.7. The molecule has 1 aliphatic heterocycles. The van der Waals surface area contributed by atoms with Crippen molar-refractivity contribution in [2.75, 3.05) is 26.8 Å². The fraction of sp³-hybridized carbons (Fsp3) is 0.677. The van der Waals surface area contributed by atoms with Crippen molar-refractivity contribution < 1.29 is 34.4 Å². The van der Waals surface area contributed by atoms with Gasteiger partial charge in [-0.3, -0.25) is 9.59 Å². The van der Waals surface area contributed by atoms with Gasteiger partial charge in [0.15, 0.2) is 11.5 Å². The number of carbonyl (C=O) groups excluding carboxylic acids is 2. The molecule has 0 fully saturated rings. The van der Waals surface area contributed by atoms with E-state index in [1.54, 1.807) is 23.1 Å². The predicted octanol–water partition coefficient (Wildman–Crippen LogP) is 3.58. The Bertz CT molecular complexity index is 1010. The lowest BCUT2D eigenvalue weighted by Gasteiger charge is -2.41. The summed E-state index contributed by atoms with van der Waals surface area (Å²) in [7, 11) is 1.50. The van der Waals surface area contributed by atoms with E-state index in [-0.39, 0.29) is 31.6 Å². The fourth-order valence-electron chi connectivity index (χ4n) is 5.79. The molecule has 4 atom stereocenters. The molecule has 0 bridgehead atoms. The molecule has 0 unspecified atom stereocenters. The molecule has 0 radical (unpaired) electrons. The predicted molar refractivity (Wildman–Crippen MR) is 153 cm³/mol. The van der Waals surface area contributed by atoms with Crippen LogP contribution < -0.4 is 14.8 Å². The van der Waals surface area contributed by atoms with Crippen molar-refractivity contribution in [2.24, 2.45) is 0 Å². The zero-order valence-corrected chi connectivity index (χ0v) is 24.4. The van der Waals surface area contributed by atoms with E-state index in [1.165, 1.54) is 7.11 Å². The summed E-state index contributed by atoms with van der Waals surface area (Å²) in [6.45, 7) is 4.42. The largest absolute Gasteiger partial charge is 0.493 e. The minimum absolute atomic E-state index is 0.0301. The molecule has 2 aliphatic rings. The maximum atomic E-state index is 13.6. The first-order valence-corrected chi connectivity index (χ1v) is 15.0. The van der Waals surface area contributed by atoms with Crippen LogP contribution in [0.25, 0.3) is 0 Å². The zero-order valence-electron chi connectivity index (χ0n) is 24.4. The third kappa shape index (κ3) is 7.56. The number of aliphatic hydroxyl groups is 3. The van der Waals surface area contributed by atoms with Gasteiger partial charge in [-0.1, -0.05) is 58.8 Å². The fourth-order valence-corrected chi connectivity index (χ4v) is 5.79. The molecule has 224 valence electrons. The number of rotatable bonds is 17. The van der Waals surface area contributed by atoms with Crippen LogP contribution >= 0.6 is 0 Å². The monoisotopic (exact) mass is 560 g/mol. The van der Waals surface area contributed by atoms with Crippen LogP contribution in [-0.2, 0) is 16.2 Å². The van der Waals surface area contributed by atoms with Gasteiger partial charge < -0.3 is 35.0 Å². The van der Waals surface area contributed by atoms with Gasteiger partial charge in [-0.2, -0.15) is 0 Å². The number of nitrogens with one attached hydrogen (secondary N) is 1. The molecular weight excluding hydrogens is 512 g/mol. The van der Waals surface area contributed by atoms with Gasteiger partial charge in [0, 0.05) is 30.6 Å². The van der Waals surface area contributed by atoms with Crippen LogP contribution in [0.3, 0.4) is 0 Å². The van der Waals surface area contributed by atoms with E-state index >= 15 is 0 Å². The number of hydrogen-bond acceptors (Lipinski definition) is 7. The Labute approximate surface area is 238 Å². The van der Waals surface area contributed by atoms with Crippen molar-refractivity contribution in [3.63, 3.8) is 0 Å². The number of aliphatic hydroxyl groups excluding tert-OH is 3. The third-order valence-electron chi connectivity index (χ3n) is 7.92. The average molecular weight is 561 g/mol. The van der Waals surface area contributed by atoms with E-state index in [0.29, 0.717) is 41.2 Å². The van der Waals surface area contributed by atoms with Crippen molar-refractivity contribution in [1.29, 1.82) is 0 Å². The summed E-state index contributed by atoms with van der Waals surface area (Å²) in [5.41, 5.74) is 1.62. The molecule has 1 aliphatic carbocycles. The lowest BCUT2D eigenvalue weighted by molar-refractivity contribution is -0.137. The molecule has 4 N–H and O–H groups in total. The molecule has 0 saturated carbocycles. The van der Waals surface area contributed by atoms with Crippen molar-refractivity contribution >= 4 is 11.8 Å². The van der Waals surface area contributed by atoms with Crippen molar-refractivity contribution in [3.05, 3.63) is 34.9 Å². The van der Waals surface area contributed by atoms with Crippen LogP contribution in [0.5, 0.6) is 11.5 Å². The molecule has 1 heterocycles. The van der Waals surface area contributed by atoms with E-state index < -0.39 is 24.2 Å². The Hall–Kier alpha value is -2.62. The number of benzene rings is 1. The number of unbranched alkanes of at least 4 members (excludes halogenated alkanes) is 7. The first kappa shape index (κ1) is 31.9. The van der Waals surface area contributed by atoms with Gasteiger partial charge in [0.05, 0.1) is 32.3 Å². The minimum Gasteiger partial charge on any atom is -0.493 e. The van der Waals surface area contributed by atoms with E-state index in [1.807, 2.05) is 0 Å². The number of fused-ring (bicyclic) bond motifs is 3. The Morgan fingerprint density at radius 3 is 2.38 bits per heavy atom. The summed E-state index contributed by atoms with van der Waals surface area (Å²) in [6.07, 6.45) is 9.26. The molecule has 2 amide bonds. The maximum absolute atomic E-state index is 13.6. The third-order valence-corrected chi connectivity index (χ3v) is 7.92. The highest BCUT2D eigenvalue weighted by Gasteiger charge is 2.51.